The average Bonchev–Trinajstić information content (AvgIpc) is 2.27. The molecule has 0 heterocycles. The highest BCUT2D eigenvalue weighted by atomic mass is 127. The van der Waals surface area contributed by atoms with Crippen LogP contribution in [-0.4, -0.2) is 5.91 Å². The van der Waals surface area contributed by atoms with Crippen molar-refractivity contribution in [3.05, 3.63) is 57.4 Å². The molecule has 0 aliphatic carbocycles. The van der Waals surface area contributed by atoms with Gasteiger partial charge in [-0.2, -0.15) is 0 Å². The van der Waals surface area contributed by atoms with E-state index in [4.69, 9.17) is 5.73 Å². The molecule has 0 aromatic heterocycles. The maximum atomic E-state index is 13.1. The Kier molecular flexibility index (Phi) is 3.81. The molecule has 92 valence electrons. The van der Waals surface area contributed by atoms with Gasteiger partial charge in [0.1, 0.15) is 5.82 Å². The molecule has 0 aliphatic rings. The van der Waals surface area contributed by atoms with E-state index >= 15 is 0 Å². The fraction of sp³-hybridized carbons (Fsp3) is 0. The second kappa shape index (κ2) is 5.34. The van der Waals surface area contributed by atoms with E-state index in [9.17, 15) is 9.18 Å². The Bertz CT molecular complexity index is 581. The van der Waals surface area contributed by atoms with E-state index < -0.39 is 5.82 Å². The normalized spacial score (nSPS) is 10.1. The summed E-state index contributed by atoms with van der Waals surface area (Å²) in [6, 6.07) is 11.0. The number of halogens is 2. The van der Waals surface area contributed by atoms with Gasteiger partial charge in [0, 0.05) is 20.5 Å². The predicted molar refractivity (Wildman–Crippen MR) is 77.9 cm³/mol. The number of anilines is 2. The molecule has 0 atom stereocenters. The zero-order valence-electron chi connectivity index (χ0n) is 9.28. The zero-order chi connectivity index (χ0) is 13.1. The number of benzene rings is 2. The summed E-state index contributed by atoms with van der Waals surface area (Å²) in [5.41, 5.74) is 6.64. The van der Waals surface area contributed by atoms with Crippen LogP contribution in [0, 0.1) is 9.39 Å². The summed E-state index contributed by atoms with van der Waals surface area (Å²) in [6.45, 7) is 0. The van der Waals surface area contributed by atoms with Crippen molar-refractivity contribution in [3.63, 3.8) is 0 Å². The van der Waals surface area contributed by atoms with E-state index in [1.807, 2.05) is 6.07 Å². The number of nitrogens with one attached hydrogen (secondary N) is 1. The van der Waals surface area contributed by atoms with Crippen LogP contribution in [-0.2, 0) is 0 Å². The number of carbonyl (C=O) groups is 1. The van der Waals surface area contributed by atoms with Gasteiger partial charge in [0.2, 0.25) is 0 Å². The standard InChI is InChI=1S/C13H10FIN2O/c14-9-5-11(16)7-12(6-9)17-13(18)8-2-1-3-10(15)4-8/h1-7H,16H2,(H,17,18). The summed E-state index contributed by atoms with van der Waals surface area (Å²) in [5, 5.41) is 2.60. The Morgan fingerprint density at radius 3 is 2.67 bits per heavy atom. The molecule has 0 fully saturated rings. The third kappa shape index (κ3) is 3.19. The minimum Gasteiger partial charge on any atom is -0.399 e. The molecule has 2 aromatic carbocycles. The second-order valence-corrected chi connectivity index (χ2v) is 4.98. The van der Waals surface area contributed by atoms with E-state index in [0.29, 0.717) is 11.3 Å². The number of rotatable bonds is 2. The van der Waals surface area contributed by atoms with E-state index in [2.05, 4.69) is 27.9 Å². The molecular formula is C13H10FIN2O. The third-order valence-electron chi connectivity index (χ3n) is 2.26. The van der Waals surface area contributed by atoms with Gasteiger partial charge in [-0.15, -0.1) is 0 Å². The topological polar surface area (TPSA) is 55.1 Å². The molecule has 0 saturated carbocycles. The molecule has 2 aromatic rings. The largest absolute Gasteiger partial charge is 0.399 e. The lowest BCUT2D eigenvalue weighted by Gasteiger charge is -2.06. The maximum Gasteiger partial charge on any atom is 0.255 e. The van der Waals surface area contributed by atoms with E-state index in [1.54, 1.807) is 18.2 Å². The number of nitrogens with two attached hydrogens (primary N) is 1. The quantitative estimate of drug-likeness (QED) is 0.641. The van der Waals surface area contributed by atoms with Crippen molar-refractivity contribution in [3.8, 4) is 0 Å². The van der Waals surface area contributed by atoms with Crippen LogP contribution < -0.4 is 11.1 Å². The van der Waals surface area contributed by atoms with Gasteiger partial charge in [-0.05, 0) is 59.0 Å². The first-order valence-electron chi connectivity index (χ1n) is 5.17. The summed E-state index contributed by atoms with van der Waals surface area (Å²) in [6.07, 6.45) is 0. The highest BCUT2D eigenvalue weighted by Gasteiger charge is 2.07. The van der Waals surface area contributed by atoms with Gasteiger partial charge in [-0.1, -0.05) is 6.07 Å². The molecule has 0 spiro atoms. The molecular weight excluding hydrogens is 346 g/mol. The van der Waals surface area contributed by atoms with Crippen LogP contribution in [0.5, 0.6) is 0 Å². The minimum atomic E-state index is -0.479. The molecule has 0 aliphatic heterocycles. The molecule has 0 unspecified atom stereocenters. The van der Waals surface area contributed by atoms with E-state index in [-0.39, 0.29) is 11.6 Å². The van der Waals surface area contributed by atoms with Crippen molar-refractivity contribution in [2.45, 2.75) is 0 Å². The third-order valence-corrected chi connectivity index (χ3v) is 2.94. The molecule has 3 N–H and O–H groups in total. The molecule has 0 saturated heterocycles. The Labute approximate surface area is 117 Å². The monoisotopic (exact) mass is 356 g/mol. The first-order valence-corrected chi connectivity index (χ1v) is 6.25. The van der Waals surface area contributed by atoms with Gasteiger partial charge >= 0.3 is 0 Å². The number of amides is 1. The number of hydrogen-bond acceptors (Lipinski definition) is 2. The van der Waals surface area contributed by atoms with Crippen molar-refractivity contribution < 1.29 is 9.18 Å². The van der Waals surface area contributed by atoms with Gasteiger partial charge in [-0.25, -0.2) is 4.39 Å². The van der Waals surface area contributed by atoms with Crippen LogP contribution in [0.15, 0.2) is 42.5 Å². The van der Waals surface area contributed by atoms with Gasteiger partial charge in [-0.3, -0.25) is 4.79 Å². The maximum absolute atomic E-state index is 13.1. The number of hydrogen-bond donors (Lipinski definition) is 2. The molecule has 0 bridgehead atoms. The molecule has 1 amide bonds. The van der Waals surface area contributed by atoms with Crippen molar-refractivity contribution in [1.82, 2.24) is 0 Å². The Morgan fingerprint density at radius 1 is 1.22 bits per heavy atom. The van der Waals surface area contributed by atoms with Gasteiger partial charge < -0.3 is 11.1 Å². The first kappa shape index (κ1) is 12.8. The lowest BCUT2D eigenvalue weighted by atomic mass is 10.2. The van der Waals surface area contributed by atoms with Crippen LogP contribution >= 0.6 is 22.6 Å². The molecule has 5 heteroatoms. The van der Waals surface area contributed by atoms with E-state index in [0.717, 1.165) is 3.57 Å². The van der Waals surface area contributed by atoms with Crippen LogP contribution in [0.2, 0.25) is 0 Å². The Balaban J connectivity index is 2.21. The molecule has 2 rings (SSSR count). The Hall–Kier alpha value is -1.63. The van der Waals surface area contributed by atoms with Crippen LogP contribution in [0.3, 0.4) is 0 Å². The van der Waals surface area contributed by atoms with Crippen molar-refractivity contribution >= 4 is 39.9 Å². The van der Waals surface area contributed by atoms with Crippen LogP contribution in [0.25, 0.3) is 0 Å². The smallest absolute Gasteiger partial charge is 0.255 e. The first-order chi connectivity index (χ1) is 8.54. The average molecular weight is 356 g/mol. The minimum absolute atomic E-state index is 0.271. The summed E-state index contributed by atoms with van der Waals surface area (Å²) in [5.74, 6) is -0.772. The van der Waals surface area contributed by atoms with Crippen molar-refractivity contribution in [2.24, 2.45) is 0 Å². The molecule has 3 nitrogen and oxygen atoms in total. The summed E-state index contributed by atoms with van der Waals surface area (Å²) in [4.78, 5) is 11.9. The lowest BCUT2D eigenvalue weighted by Crippen LogP contribution is -2.12. The summed E-state index contributed by atoms with van der Waals surface area (Å²) >= 11 is 2.12. The highest BCUT2D eigenvalue weighted by Crippen LogP contribution is 2.17. The van der Waals surface area contributed by atoms with E-state index in [1.165, 1.54) is 18.2 Å². The fourth-order valence-corrected chi connectivity index (χ4v) is 2.06. The van der Waals surface area contributed by atoms with Gasteiger partial charge in [0.05, 0.1) is 0 Å². The predicted octanol–water partition coefficient (Wildman–Crippen LogP) is 3.26. The summed E-state index contributed by atoms with van der Waals surface area (Å²) < 4.78 is 14.1. The second-order valence-electron chi connectivity index (χ2n) is 3.74. The van der Waals surface area contributed by atoms with Crippen molar-refractivity contribution in [1.29, 1.82) is 0 Å². The number of nitrogen functional groups attached to an aromatic ring is 1. The van der Waals surface area contributed by atoms with Gasteiger partial charge in [0.25, 0.3) is 5.91 Å². The Morgan fingerprint density at radius 2 is 2.00 bits per heavy atom. The van der Waals surface area contributed by atoms with Gasteiger partial charge in [0.15, 0.2) is 0 Å². The molecule has 18 heavy (non-hydrogen) atoms. The van der Waals surface area contributed by atoms with Crippen LogP contribution in [0.1, 0.15) is 10.4 Å². The zero-order valence-corrected chi connectivity index (χ0v) is 11.4. The SMILES string of the molecule is Nc1cc(F)cc(NC(=O)c2cccc(I)c2)c1. The molecule has 0 radical (unpaired) electrons. The lowest BCUT2D eigenvalue weighted by molar-refractivity contribution is 0.102. The fourth-order valence-electron chi connectivity index (χ4n) is 1.52. The number of carbonyl (C=O) groups excluding carboxylic acids is 1. The summed E-state index contributed by atoms with van der Waals surface area (Å²) in [7, 11) is 0. The van der Waals surface area contributed by atoms with Crippen molar-refractivity contribution in [2.75, 3.05) is 11.1 Å². The highest BCUT2D eigenvalue weighted by molar-refractivity contribution is 14.1. The van der Waals surface area contributed by atoms with Crippen LogP contribution in [0.4, 0.5) is 15.8 Å².